The predicted octanol–water partition coefficient (Wildman–Crippen LogP) is 2.30. The van der Waals surface area contributed by atoms with E-state index in [4.69, 9.17) is 0 Å². The number of anilines is 1. The van der Waals surface area contributed by atoms with Crippen molar-refractivity contribution in [1.29, 1.82) is 0 Å². The zero-order chi connectivity index (χ0) is 14.5. The molecule has 0 saturated carbocycles. The van der Waals surface area contributed by atoms with E-state index in [-0.39, 0.29) is 11.7 Å². The van der Waals surface area contributed by atoms with E-state index >= 15 is 0 Å². The van der Waals surface area contributed by atoms with Gasteiger partial charge in [-0.05, 0) is 36.6 Å². The highest BCUT2D eigenvalue weighted by atomic mass is 32.2. The number of hydrogen-bond donors (Lipinski definition) is 2. The molecule has 0 bridgehead atoms. The van der Waals surface area contributed by atoms with Crippen molar-refractivity contribution in [2.45, 2.75) is 38.2 Å². The molecular weight excluding hydrogens is 262 g/mol. The maximum Gasteiger partial charge on any atom is 0.178 e. The lowest BCUT2D eigenvalue weighted by molar-refractivity contribution is 0.138. The van der Waals surface area contributed by atoms with E-state index in [1.54, 1.807) is 24.3 Å². The molecule has 108 valence electrons. The average molecular weight is 285 g/mol. The van der Waals surface area contributed by atoms with Gasteiger partial charge in [-0.1, -0.05) is 20.8 Å². The number of nitrogens with one attached hydrogen (secondary N) is 1. The van der Waals surface area contributed by atoms with Crippen LogP contribution in [0.5, 0.6) is 0 Å². The Morgan fingerprint density at radius 2 is 1.79 bits per heavy atom. The number of hydrogen-bond acceptors (Lipinski definition) is 4. The van der Waals surface area contributed by atoms with Gasteiger partial charge >= 0.3 is 0 Å². The molecule has 0 aliphatic rings. The molecule has 1 atom stereocenters. The third-order valence-electron chi connectivity index (χ3n) is 2.97. The van der Waals surface area contributed by atoms with Gasteiger partial charge < -0.3 is 10.4 Å². The second kappa shape index (κ2) is 6.91. The lowest BCUT2D eigenvalue weighted by atomic mass is 10.1. The van der Waals surface area contributed by atoms with Crippen LogP contribution in [0.25, 0.3) is 0 Å². The summed E-state index contributed by atoms with van der Waals surface area (Å²) in [4.78, 5) is 0.351. The minimum absolute atomic E-state index is 0.172. The summed E-state index contributed by atoms with van der Waals surface area (Å²) in [6.07, 6.45) is 0.201. The third kappa shape index (κ3) is 4.84. The molecule has 0 saturated heterocycles. The van der Waals surface area contributed by atoms with Crippen molar-refractivity contribution < 1.29 is 13.5 Å². The Labute approximate surface area is 115 Å². The first kappa shape index (κ1) is 16.0. The number of aliphatic hydroxyl groups is 1. The van der Waals surface area contributed by atoms with Crippen LogP contribution in [-0.4, -0.2) is 31.9 Å². The first-order chi connectivity index (χ1) is 8.86. The van der Waals surface area contributed by atoms with Gasteiger partial charge in [0.25, 0.3) is 0 Å². The Morgan fingerprint density at radius 3 is 2.26 bits per heavy atom. The molecule has 0 heterocycles. The SMILES string of the molecule is CCCS(=O)(=O)c1ccc(NCC(O)C(C)C)cc1. The first-order valence-electron chi connectivity index (χ1n) is 6.61. The summed E-state index contributed by atoms with van der Waals surface area (Å²) >= 11 is 0. The molecule has 0 aliphatic heterocycles. The summed E-state index contributed by atoms with van der Waals surface area (Å²) in [5, 5.41) is 12.8. The van der Waals surface area contributed by atoms with Crippen molar-refractivity contribution in [3.8, 4) is 0 Å². The Balaban J connectivity index is 2.67. The summed E-state index contributed by atoms with van der Waals surface area (Å²) in [5.41, 5.74) is 0.815. The molecule has 1 rings (SSSR count). The highest BCUT2D eigenvalue weighted by Gasteiger charge is 2.13. The van der Waals surface area contributed by atoms with Crippen molar-refractivity contribution in [1.82, 2.24) is 0 Å². The van der Waals surface area contributed by atoms with Gasteiger partial charge in [0.1, 0.15) is 0 Å². The normalized spacial score (nSPS) is 13.5. The molecule has 0 amide bonds. The standard InChI is InChI=1S/C14H23NO3S/c1-4-9-19(17,18)13-7-5-12(6-8-13)15-10-14(16)11(2)3/h5-8,11,14-16H,4,9-10H2,1-3H3. The van der Waals surface area contributed by atoms with E-state index < -0.39 is 15.9 Å². The summed E-state index contributed by atoms with van der Waals surface area (Å²) in [5.74, 6) is 0.364. The molecule has 19 heavy (non-hydrogen) atoms. The van der Waals surface area contributed by atoms with Crippen LogP contribution in [0.3, 0.4) is 0 Å². The molecule has 5 heteroatoms. The van der Waals surface area contributed by atoms with Gasteiger partial charge in [-0.25, -0.2) is 8.42 Å². The maximum absolute atomic E-state index is 11.8. The van der Waals surface area contributed by atoms with Crippen molar-refractivity contribution in [3.05, 3.63) is 24.3 Å². The molecule has 0 aliphatic carbocycles. The quantitative estimate of drug-likeness (QED) is 0.806. The van der Waals surface area contributed by atoms with E-state index in [9.17, 15) is 13.5 Å². The van der Waals surface area contributed by atoms with Gasteiger partial charge in [0.2, 0.25) is 0 Å². The van der Waals surface area contributed by atoms with E-state index in [0.29, 0.717) is 17.9 Å². The van der Waals surface area contributed by atoms with E-state index in [1.807, 2.05) is 20.8 Å². The second-order valence-corrected chi connectivity index (χ2v) is 7.14. The molecular formula is C14H23NO3S. The summed E-state index contributed by atoms with van der Waals surface area (Å²) < 4.78 is 23.7. The lowest BCUT2D eigenvalue weighted by Crippen LogP contribution is -2.24. The van der Waals surface area contributed by atoms with Crippen molar-refractivity contribution in [2.75, 3.05) is 17.6 Å². The molecule has 1 unspecified atom stereocenters. The molecule has 0 aromatic heterocycles. The second-order valence-electron chi connectivity index (χ2n) is 5.04. The number of rotatable bonds is 7. The predicted molar refractivity (Wildman–Crippen MR) is 78.1 cm³/mol. The Morgan fingerprint density at radius 1 is 1.21 bits per heavy atom. The van der Waals surface area contributed by atoms with E-state index in [2.05, 4.69) is 5.32 Å². The van der Waals surface area contributed by atoms with Crippen LogP contribution in [0.1, 0.15) is 27.2 Å². The lowest BCUT2D eigenvalue weighted by Gasteiger charge is -2.16. The fourth-order valence-electron chi connectivity index (χ4n) is 1.62. The zero-order valence-electron chi connectivity index (χ0n) is 11.8. The minimum Gasteiger partial charge on any atom is -0.391 e. The van der Waals surface area contributed by atoms with Gasteiger partial charge in [-0.15, -0.1) is 0 Å². The number of sulfone groups is 1. The van der Waals surface area contributed by atoms with Crippen LogP contribution in [-0.2, 0) is 9.84 Å². The van der Waals surface area contributed by atoms with Crippen LogP contribution in [0.15, 0.2) is 29.2 Å². The smallest absolute Gasteiger partial charge is 0.178 e. The molecule has 0 fully saturated rings. The maximum atomic E-state index is 11.8. The van der Waals surface area contributed by atoms with Gasteiger partial charge in [0.15, 0.2) is 9.84 Å². The molecule has 4 nitrogen and oxygen atoms in total. The van der Waals surface area contributed by atoms with Crippen LogP contribution < -0.4 is 5.32 Å². The monoisotopic (exact) mass is 285 g/mol. The van der Waals surface area contributed by atoms with Crippen molar-refractivity contribution >= 4 is 15.5 Å². The Hall–Kier alpha value is -1.07. The van der Waals surface area contributed by atoms with Gasteiger partial charge in [0, 0.05) is 12.2 Å². The van der Waals surface area contributed by atoms with Crippen molar-refractivity contribution in [2.24, 2.45) is 5.92 Å². The average Bonchev–Trinajstić information content (AvgIpc) is 2.36. The minimum atomic E-state index is -3.15. The summed E-state index contributed by atoms with van der Waals surface area (Å²) in [7, 11) is -3.15. The van der Waals surface area contributed by atoms with Gasteiger partial charge in [0.05, 0.1) is 16.8 Å². The van der Waals surface area contributed by atoms with Crippen LogP contribution in [0, 0.1) is 5.92 Å². The molecule has 1 aromatic rings. The fraction of sp³-hybridized carbons (Fsp3) is 0.571. The van der Waals surface area contributed by atoms with E-state index in [1.165, 1.54) is 0 Å². The molecule has 0 spiro atoms. The third-order valence-corrected chi connectivity index (χ3v) is 4.91. The van der Waals surface area contributed by atoms with Gasteiger partial charge in [-0.3, -0.25) is 0 Å². The summed E-state index contributed by atoms with van der Waals surface area (Å²) in [6.45, 7) is 6.21. The van der Waals surface area contributed by atoms with Crippen LogP contribution in [0.4, 0.5) is 5.69 Å². The fourth-order valence-corrected chi connectivity index (χ4v) is 2.95. The number of aliphatic hydroxyl groups excluding tert-OH is 1. The van der Waals surface area contributed by atoms with Crippen LogP contribution in [0.2, 0.25) is 0 Å². The highest BCUT2D eigenvalue weighted by molar-refractivity contribution is 7.91. The Bertz CT molecular complexity index is 480. The summed E-state index contributed by atoms with van der Waals surface area (Å²) in [6, 6.07) is 6.68. The van der Waals surface area contributed by atoms with Crippen LogP contribution >= 0.6 is 0 Å². The molecule has 2 N–H and O–H groups in total. The van der Waals surface area contributed by atoms with Crippen molar-refractivity contribution in [3.63, 3.8) is 0 Å². The number of benzene rings is 1. The topological polar surface area (TPSA) is 66.4 Å². The zero-order valence-corrected chi connectivity index (χ0v) is 12.6. The molecule has 1 aromatic carbocycles. The largest absolute Gasteiger partial charge is 0.391 e. The molecule has 0 radical (unpaired) electrons. The van der Waals surface area contributed by atoms with Gasteiger partial charge in [-0.2, -0.15) is 0 Å². The van der Waals surface area contributed by atoms with E-state index in [0.717, 1.165) is 5.69 Å². The Kier molecular flexibility index (Phi) is 5.82. The highest BCUT2D eigenvalue weighted by Crippen LogP contribution is 2.16. The first-order valence-corrected chi connectivity index (χ1v) is 8.26.